The number of hydrogen-bond donors (Lipinski definition) is 2. The number of ether oxygens (including phenoxy) is 2. The molecule has 0 saturated heterocycles. The molecule has 3 aromatic carbocycles. The molecule has 7 nitrogen and oxygen atoms in total. The highest BCUT2D eigenvalue weighted by atomic mass is 35.5. The fraction of sp³-hybridized carbons (Fsp3) is 0.0952. The number of benzene rings is 3. The lowest BCUT2D eigenvalue weighted by Gasteiger charge is -2.09. The summed E-state index contributed by atoms with van der Waals surface area (Å²) in [5.41, 5.74) is 2.92. The molecule has 3 rings (SSSR count). The van der Waals surface area contributed by atoms with Gasteiger partial charge >= 0.3 is 5.97 Å². The summed E-state index contributed by atoms with van der Waals surface area (Å²) in [6.07, 6.45) is 1.33. The van der Waals surface area contributed by atoms with Crippen LogP contribution in [0.3, 0.4) is 0 Å². The summed E-state index contributed by atoms with van der Waals surface area (Å²) in [6, 6.07) is 13.5. The van der Waals surface area contributed by atoms with Crippen LogP contribution in [0.2, 0.25) is 10.0 Å². The first kappa shape index (κ1) is 21.4. The fourth-order valence-electron chi connectivity index (χ4n) is 2.62. The van der Waals surface area contributed by atoms with Crippen molar-refractivity contribution in [2.24, 2.45) is 5.10 Å². The maximum absolute atomic E-state index is 12.4. The number of phenolic OH excluding ortho intramolecular Hbond substituents is 1. The first-order chi connectivity index (χ1) is 14.4. The van der Waals surface area contributed by atoms with Gasteiger partial charge in [0.05, 0.1) is 28.9 Å². The van der Waals surface area contributed by atoms with Gasteiger partial charge in [-0.25, -0.2) is 10.2 Å². The molecule has 0 heterocycles. The van der Waals surface area contributed by atoms with E-state index in [-0.39, 0.29) is 33.7 Å². The Hall–Kier alpha value is -3.29. The Labute approximate surface area is 181 Å². The van der Waals surface area contributed by atoms with Crippen LogP contribution < -0.4 is 10.2 Å². The number of phenols is 1. The summed E-state index contributed by atoms with van der Waals surface area (Å²) >= 11 is 12.3. The summed E-state index contributed by atoms with van der Waals surface area (Å²) in [5.74, 6) is -1.18. The van der Waals surface area contributed by atoms with Crippen LogP contribution in [0.15, 0.2) is 53.6 Å². The minimum atomic E-state index is -0.579. The number of esters is 1. The molecule has 0 radical (unpaired) electrons. The van der Waals surface area contributed by atoms with Crippen molar-refractivity contribution in [3.63, 3.8) is 0 Å². The molecule has 0 aliphatic carbocycles. The standard InChI is InChI=1S/C21H16Cl2N2O5/c1-29-19(27)11-30-20-16(22)6-12(7-17(20)23)10-24-25-21(28)15-8-13-4-2-3-5-14(13)9-18(15)26/h2-10,26H,11H2,1H3,(H,25,28). The molecule has 1 amide bonds. The van der Waals surface area contributed by atoms with Gasteiger partial charge in [-0.2, -0.15) is 5.10 Å². The number of carbonyl (C=O) groups excluding carboxylic acids is 2. The number of methoxy groups -OCH3 is 1. The number of hydrogen-bond acceptors (Lipinski definition) is 6. The zero-order chi connectivity index (χ0) is 21.7. The van der Waals surface area contributed by atoms with Gasteiger partial charge < -0.3 is 14.6 Å². The third-order valence-corrected chi connectivity index (χ3v) is 4.63. The molecule has 9 heteroatoms. The van der Waals surface area contributed by atoms with Gasteiger partial charge in [0.1, 0.15) is 5.75 Å². The zero-order valence-electron chi connectivity index (χ0n) is 15.7. The second-order valence-electron chi connectivity index (χ2n) is 6.09. The van der Waals surface area contributed by atoms with Crippen molar-refractivity contribution in [2.45, 2.75) is 0 Å². The number of nitrogens with zero attached hydrogens (tertiary/aromatic N) is 1. The van der Waals surface area contributed by atoms with Gasteiger partial charge in [-0.3, -0.25) is 4.79 Å². The van der Waals surface area contributed by atoms with Gasteiger partial charge in [-0.15, -0.1) is 0 Å². The first-order valence-corrected chi connectivity index (χ1v) is 9.38. The largest absolute Gasteiger partial charge is 0.507 e. The molecule has 30 heavy (non-hydrogen) atoms. The van der Waals surface area contributed by atoms with E-state index < -0.39 is 11.9 Å². The Morgan fingerprint density at radius 1 is 1.10 bits per heavy atom. The van der Waals surface area contributed by atoms with Crippen LogP contribution in [0.5, 0.6) is 11.5 Å². The van der Waals surface area contributed by atoms with Gasteiger partial charge in [0.15, 0.2) is 12.4 Å². The van der Waals surface area contributed by atoms with E-state index in [0.29, 0.717) is 5.56 Å². The van der Waals surface area contributed by atoms with Crippen molar-refractivity contribution in [3.8, 4) is 11.5 Å². The first-order valence-electron chi connectivity index (χ1n) is 8.63. The Balaban J connectivity index is 1.71. The molecule has 154 valence electrons. The number of aromatic hydroxyl groups is 1. The molecule has 0 unspecified atom stereocenters. The van der Waals surface area contributed by atoms with Crippen LogP contribution in [0.1, 0.15) is 15.9 Å². The monoisotopic (exact) mass is 446 g/mol. The highest BCUT2D eigenvalue weighted by molar-refractivity contribution is 6.37. The van der Waals surface area contributed by atoms with Crippen molar-refractivity contribution >= 4 is 52.1 Å². The molecular formula is C21H16Cl2N2O5. The second-order valence-corrected chi connectivity index (χ2v) is 6.91. The predicted octanol–water partition coefficient (Wildman–Crippen LogP) is 4.17. The molecule has 0 spiro atoms. The van der Waals surface area contributed by atoms with Crippen LogP contribution >= 0.6 is 23.2 Å². The lowest BCUT2D eigenvalue weighted by molar-refractivity contribution is -0.142. The Morgan fingerprint density at radius 3 is 2.37 bits per heavy atom. The average molecular weight is 447 g/mol. The van der Waals surface area contributed by atoms with E-state index in [2.05, 4.69) is 15.3 Å². The van der Waals surface area contributed by atoms with Crippen LogP contribution in [0.4, 0.5) is 0 Å². The van der Waals surface area contributed by atoms with E-state index in [9.17, 15) is 14.7 Å². The van der Waals surface area contributed by atoms with E-state index in [0.717, 1.165) is 10.8 Å². The third-order valence-electron chi connectivity index (χ3n) is 4.07. The molecule has 0 bridgehead atoms. The number of halogens is 2. The lowest BCUT2D eigenvalue weighted by atomic mass is 10.1. The number of fused-ring (bicyclic) bond motifs is 1. The SMILES string of the molecule is COC(=O)COc1c(Cl)cc(C=NNC(=O)c2cc3ccccc3cc2O)cc1Cl. The van der Waals surface area contributed by atoms with E-state index in [4.69, 9.17) is 27.9 Å². The van der Waals surface area contributed by atoms with Crippen LogP contribution in [-0.4, -0.2) is 36.9 Å². The summed E-state index contributed by atoms with van der Waals surface area (Å²) < 4.78 is 9.73. The number of carbonyl (C=O) groups is 2. The van der Waals surface area contributed by atoms with Crippen molar-refractivity contribution in [3.05, 3.63) is 69.7 Å². The number of amides is 1. The van der Waals surface area contributed by atoms with Gasteiger partial charge in [-0.05, 0) is 40.6 Å². The van der Waals surface area contributed by atoms with E-state index in [1.165, 1.54) is 31.5 Å². The smallest absolute Gasteiger partial charge is 0.343 e. The van der Waals surface area contributed by atoms with Gasteiger partial charge in [0.2, 0.25) is 0 Å². The van der Waals surface area contributed by atoms with Crippen LogP contribution in [-0.2, 0) is 9.53 Å². The average Bonchev–Trinajstić information content (AvgIpc) is 2.72. The maximum atomic E-state index is 12.4. The molecular weight excluding hydrogens is 431 g/mol. The summed E-state index contributed by atoms with van der Waals surface area (Å²) in [4.78, 5) is 23.5. The maximum Gasteiger partial charge on any atom is 0.343 e. The number of nitrogens with one attached hydrogen (secondary N) is 1. The topological polar surface area (TPSA) is 97.2 Å². The molecule has 0 fully saturated rings. The van der Waals surface area contributed by atoms with Crippen molar-refractivity contribution in [2.75, 3.05) is 13.7 Å². The van der Waals surface area contributed by atoms with Gasteiger partial charge in [-0.1, -0.05) is 47.5 Å². The summed E-state index contributed by atoms with van der Waals surface area (Å²) in [5, 5.41) is 15.9. The normalized spacial score (nSPS) is 10.9. The lowest BCUT2D eigenvalue weighted by Crippen LogP contribution is -2.17. The zero-order valence-corrected chi connectivity index (χ0v) is 17.2. The molecule has 0 saturated carbocycles. The van der Waals surface area contributed by atoms with E-state index >= 15 is 0 Å². The van der Waals surface area contributed by atoms with Crippen molar-refractivity contribution in [1.29, 1.82) is 0 Å². The molecule has 0 aliphatic heterocycles. The quantitative estimate of drug-likeness (QED) is 0.336. The second kappa shape index (κ2) is 9.47. The van der Waals surface area contributed by atoms with Crippen molar-refractivity contribution < 1.29 is 24.2 Å². The Bertz CT molecular complexity index is 1120. The Kier molecular flexibility index (Phi) is 6.76. The van der Waals surface area contributed by atoms with E-state index in [1.807, 2.05) is 24.3 Å². The molecule has 0 aromatic heterocycles. The van der Waals surface area contributed by atoms with Crippen LogP contribution in [0, 0.1) is 0 Å². The molecule has 0 aliphatic rings. The summed E-state index contributed by atoms with van der Waals surface area (Å²) in [7, 11) is 1.24. The Morgan fingerprint density at radius 2 is 1.73 bits per heavy atom. The van der Waals surface area contributed by atoms with Gasteiger partial charge in [0, 0.05) is 0 Å². The fourth-order valence-corrected chi connectivity index (χ4v) is 3.23. The third kappa shape index (κ3) is 5.00. The highest BCUT2D eigenvalue weighted by Crippen LogP contribution is 2.34. The van der Waals surface area contributed by atoms with Crippen molar-refractivity contribution in [1.82, 2.24) is 5.43 Å². The molecule has 3 aromatic rings. The number of rotatable bonds is 6. The summed E-state index contributed by atoms with van der Waals surface area (Å²) in [6.45, 7) is -0.339. The number of hydrazone groups is 1. The van der Waals surface area contributed by atoms with E-state index in [1.54, 1.807) is 6.07 Å². The van der Waals surface area contributed by atoms with Gasteiger partial charge in [0.25, 0.3) is 5.91 Å². The minimum absolute atomic E-state index is 0.0912. The molecule has 0 atom stereocenters. The minimum Gasteiger partial charge on any atom is -0.507 e. The predicted molar refractivity (Wildman–Crippen MR) is 115 cm³/mol. The highest BCUT2D eigenvalue weighted by Gasteiger charge is 2.13. The van der Waals surface area contributed by atoms with Crippen LogP contribution in [0.25, 0.3) is 10.8 Å². The molecule has 2 N–H and O–H groups in total.